The van der Waals surface area contributed by atoms with Gasteiger partial charge in [0.2, 0.25) is 12.3 Å². The quantitative estimate of drug-likeness (QED) is 0.713. The first-order valence-corrected chi connectivity index (χ1v) is 5.38. The summed E-state index contributed by atoms with van der Waals surface area (Å²) in [6.07, 6.45) is 3.92. The van der Waals surface area contributed by atoms with E-state index < -0.39 is 0 Å². The minimum absolute atomic E-state index is 0.507. The summed E-state index contributed by atoms with van der Waals surface area (Å²) in [5.74, 6) is 0.507. The zero-order chi connectivity index (χ0) is 12.4. The maximum Gasteiger partial charge on any atom is 0.227 e. The lowest BCUT2D eigenvalue weighted by atomic mass is 10.2. The van der Waals surface area contributed by atoms with Gasteiger partial charge in [0.1, 0.15) is 5.52 Å². The van der Waals surface area contributed by atoms with Crippen LogP contribution in [0.25, 0.3) is 22.6 Å². The second-order valence-corrected chi connectivity index (χ2v) is 3.71. The van der Waals surface area contributed by atoms with Gasteiger partial charge in [-0.3, -0.25) is 9.78 Å². The summed E-state index contributed by atoms with van der Waals surface area (Å²) in [5.41, 5.74) is 2.90. The molecule has 1 aromatic carbocycles. The molecule has 0 aliphatic rings. The highest BCUT2D eigenvalue weighted by Crippen LogP contribution is 2.25. The molecule has 1 amide bonds. The number of carbonyl (C=O) groups is 1. The first-order valence-electron chi connectivity index (χ1n) is 5.38. The standard InChI is InChI=1S/C13H9N3O2/c17-8-15-10-3-1-2-9(6-10)13-16-11-4-5-14-7-12(11)18-13/h1-8H,(H,15,17). The van der Waals surface area contributed by atoms with Crippen molar-refractivity contribution in [3.63, 3.8) is 0 Å². The number of benzene rings is 1. The van der Waals surface area contributed by atoms with Gasteiger partial charge in [-0.25, -0.2) is 4.98 Å². The number of anilines is 1. The summed E-state index contributed by atoms with van der Waals surface area (Å²) in [6, 6.07) is 9.08. The Bertz CT molecular complexity index is 673. The Morgan fingerprint density at radius 2 is 2.22 bits per heavy atom. The Morgan fingerprint density at radius 1 is 1.28 bits per heavy atom. The molecule has 0 unspecified atom stereocenters. The highest BCUT2D eigenvalue weighted by Gasteiger charge is 2.08. The summed E-state index contributed by atoms with van der Waals surface area (Å²) in [7, 11) is 0. The largest absolute Gasteiger partial charge is 0.434 e. The average molecular weight is 239 g/mol. The van der Waals surface area contributed by atoms with Gasteiger partial charge in [-0.05, 0) is 24.3 Å². The second-order valence-electron chi connectivity index (χ2n) is 3.71. The van der Waals surface area contributed by atoms with Crippen LogP contribution in [0.5, 0.6) is 0 Å². The van der Waals surface area contributed by atoms with Gasteiger partial charge in [-0.15, -0.1) is 0 Å². The van der Waals surface area contributed by atoms with E-state index >= 15 is 0 Å². The first-order chi connectivity index (χ1) is 8.86. The zero-order valence-electron chi connectivity index (χ0n) is 9.33. The number of aromatic nitrogens is 2. The summed E-state index contributed by atoms with van der Waals surface area (Å²) in [6.45, 7) is 0. The van der Waals surface area contributed by atoms with Gasteiger partial charge in [0.15, 0.2) is 5.58 Å². The highest BCUT2D eigenvalue weighted by molar-refractivity contribution is 5.77. The molecule has 0 saturated carbocycles. The predicted octanol–water partition coefficient (Wildman–Crippen LogP) is 2.46. The smallest absolute Gasteiger partial charge is 0.227 e. The maximum absolute atomic E-state index is 10.4. The van der Waals surface area contributed by atoms with Crippen molar-refractivity contribution in [3.05, 3.63) is 42.7 Å². The van der Waals surface area contributed by atoms with Crippen molar-refractivity contribution in [3.8, 4) is 11.5 Å². The van der Waals surface area contributed by atoms with E-state index in [4.69, 9.17) is 4.42 Å². The van der Waals surface area contributed by atoms with Crippen molar-refractivity contribution in [2.24, 2.45) is 0 Å². The summed E-state index contributed by atoms with van der Waals surface area (Å²) >= 11 is 0. The number of amides is 1. The van der Waals surface area contributed by atoms with E-state index in [1.165, 1.54) is 0 Å². The van der Waals surface area contributed by atoms with E-state index in [9.17, 15) is 4.79 Å². The molecule has 0 saturated heterocycles. The number of nitrogens with zero attached hydrogens (tertiary/aromatic N) is 2. The molecule has 2 aromatic heterocycles. The fraction of sp³-hybridized carbons (Fsp3) is 0. The molecule has 0 atom stereocenters. The number of nitrogens with one attached hydrogen (secondary N) is 1. The van der Waals surface area contributed by atoms with Crippen LogP contribution >= 0.6 is 0 Å². The van der Waals surface area contributed by atoms with Crippen LogP contribution in [-0.4, -0.2) is 16.4 Å². The van der Waals surface area contributed by atoms with E-state index in [-0.39, 0.29) is 0 Å². The normalized spacial score (nSPS) is 10.4. The molecule has 0 fully saturated rings. The van der Waals surface area contributed by atoms with Gasteiger partial charge in [0, 0.05) is 17.4 Å². The van der Waals surface area contributed by atoms with Crippen LogP contribution in [0.15, 0.2) is 47.1 Å². The Hall–Kier alpha value is -2.69. The second kappa shape index (κ2) is 4.29. The fourth-order valence-corrected chi connectivity index (χ4v) is 1.71. The molecule has 0 bridgehead atoms. The van der Waals surface area contributed by atoms with Crippen LogP contribution in [0, 0.1) is 0 Å². The summed E-state index contributed by atoms with van der Waals surface area (Å²) in [4.78, 5) is 18.7. The molecule has 0 aliphatic carbocycles. The van der Waals surface area contributed by atoms with Gasteiger partial charge in [-0.2, -0.15) is 0 Å². The van der Waals surface area contributed by atoms with Gasteiger partial charge < -0.3 is 9.73 Å². The van der Waals surface area contributed by atoms with Crippen molar-refractivity contribution in [2.45, 2.75) is 0 Å². The van der Waals surface area contributed by atoms with Crippen molar-refractivity contribution in [1.29, 1.82) is 0 Å². The number of oxazole rings is 1. The minimum Gasteiger partial charge on any atom is -0.434 e. The maximum atomic E-state index is 10.4. The molecule has 3 aromatic rings. The number of carbonyl (C=O) groups excluding carboxylic acids is 1. The molecule has 5 heteroatoms. The third-order valence-corrected chi connectivity index (χ3v) is 2.53. The van der Waals surface area contributed by atoms with Gasteiger partial charge in [-0.1, -0.05) is 6.07 Å². The number of pyridine rings is 1. The molecule has 1 N–H and O–H groups in total. The lowest BCUT2D eigenvalue weighted by Crippen LogP contribution is -1.93. The number of rotatable bonds is 3. The summed E-state index contributed by atoms with van der Waals surface area (Å²) in [5, 5.41) is 2.59. The minimum atomic E-state index is 0.507. The topological polar surface area (TPSA) is 68.0 Å². The van der Waals surface area contributed by atoms with E-state index in [0.717, 1.165) is 11.1 Å². The lowest BCUT2D eigenvalue weighted by molar-refractivity contribution is -0.105. The lowest BCUT2D eigenvalue weighted by Gasteiger charge is -1.99. The third kappa shape index (κ3) is 1.82. The molecule has 88 valence electrons. The van der Waals surface area contributed by atoms with E-state index in [0.29, 0.717) is 23.6 Å². The number of hydrogen-bond donors (Lipinski definition) is 1. The van der Waals surface area contributed by atoms with Gasteiger partial charge in [0.05, 0.1) is 6.20 Å². The van der Waals surface area contributed by atoms with Crippen molar-refractivity contribution < 1.29 is 9.21 Å². The van der Waals surface area contributed by atoms with Crippen molar-refractivity contribution in [1.82, 2.24) is 9.97 Å². The first kappa shape index (κ1) is 10.5. The third-order valence-electron chi connectivity index (χ3n) is 2.53. The Labute approximate surface area is 102 Å². The average Bonchev–Trinajstić information content (AvgIpc) is 2.83. The SMILES string of the molecule is O=CNc1cccc(-c2nc3ccncc3o2)c1. The summed E-state index contributed by atoms with van der Waals surface area (Å²) < 4.78 is 5.60. The van der Waals surface area contributed by atoms with Crippen molar-refractivity contribution >= 4 is 23.2 Å². The molecule has 5 nitrogen and oxygen atoms in total. The molecule has 2 heterocycles. The van der Waals surface area contributed by atoms with E-state index in [1.54, 1.807) is 30.6 Å². The van der Waals surface area contributed by atoms with Crippen LogP contribution < -0.4 is 5.32 Å². The van der Waals surface area contributed by atoms with E-state index in [2.05, 4.69) is 15.3 Å². The Kier molecular flexibility index (Phi) is 2.49. The van der Waals surface area contributed by atoms with Crippen molar-refractivity contribution in [2.75, 3.05) is 5.32 Å². The molecular weight excluding hydrogens is 230 g/mol. The van der Waals surface area contributed by atoms with Crippen LogP contribution in [-0.2, 0) is 4.79 Å². The van der Waals surface area contributed by atoms with Crippen LogP contribution in [0.1, 0.15) is 0 Å². The number of fused-ring (bicyclic) bond motifs is 1. The fourth-order valence-electron chi connectivity index (χ4n) is 1.71. The number of hydrogen-bond acceptors (Lipinski definition) is 4. The monoisotopic (exact) mass is 239 g/mol. The van der Waals surface area contributed by atoms with Gasteiger partial charge in [0.25, 0.3) is 0 Å². The molecule has 0 radical (unpaired) electrons. The highest BCUT2D eigenvalue weighted by atomic mass is 16.3. The Morgan fingerprint density at radius 3 is 3.06 bits per heavy atom. The van der Waals surface area contributed by atoms with Crippen LogP contribution in [0.4, 0.5) is 5.69 Å². The molecule has 18 heavy (non-hydrogen) atoms. The van der Waals surface area contributed by atoms with Crippen LogP contribution in [0.2, 0.25) is 0 Å². The van der Waals surface area contributed by atoms with Gasteiger partial charge >= 0.3 is 0 Å². The molecule has 0 spiro atoms. The Balaban J connectivity index is 2.08. The molecule has 0 aliphatic heterocycles. The van der Waals surface area contributed by atoms with E-state index in [1.807, 2.05) is 12.1 Å². The van der Waals surface area contributed by atoms with Crippen LogP contribution in [0.3, 0.4) is 0 Å². The zero-order valence-corrected chi connectivity index (χ0v) is 9.33. The molecule has 3 rings (SSSR count). The molecular formula is C13H9N3O2. The predicted molar refractivity (Wildman–Crippen MR) is 66.9 cm³/mol.